The Balaban J connectivity index is 2.04. The van der Waals surface area contributed by atoms with Crippen molar-refractivity contribution in [3.8, 4) is 0 Å². The zero-order valence-corrected chi connectivity index (χ0v) is 9.94. The highest BCUT2D eigenvalue weighted by Gasteiger charge is 2.27. The molecule has 0 bridgehead atoms. The van der Waals surface area contributed by atoms with Gasteiger partial charge in [-0.05, 0) is 24.9 Å². The molecule has 0 aromatic heterocycles. The highest BCUT2D eigenvalue weighted by molar-refractivity contribution is 7.98. The SMILES string of the molecule is CSCCCCCCN1C(=O)CNC1=O. The van der Waals surface area contributed by atoms with Crippen molar-refractivity contribution in [3.63, 3.8) is 0 Å². The molecule has 3 amide bonds. The lowest BCUT2D eigenvalue weighted by Crippen LogP contribution is -2.31. The number of carbonyl (C=O) groups excluding carboxylic acids is 2. The molecule has 1 rings (SSSR count). The van der Waals surface area contributed by atoms with Crippen molar-refractivity contribution in [1.82, 2.24) is 10.2 Å². The minimum Gasteiger partial charge on any atom is -0.329 e. The fraction of sp³-hybridized carbons (Fsp3) is 0.800. The molecule has 4 nitrogen and oxygen atoms in total. The molecule has 1 aliphatic heterocycles. The van der Waals surface area contributed by atoms with Gasteiger partial charge in [0.2, 0.25) is 5.91 Å². The Labute approximate surface area is 94.8 Å². The maximum Gasteiger partial charge on any atom is 0.324 e. The van der Waals surface area contributed by atoms with Crippen LogP contribution in [0.2, 0.25) is 0 Å². The van der Waals surface area contributed by atoms with Gasteiger partial charge in [0.1, 0.15) is 0 Å². The molecule has 1 heterocycles. The number of imide groups is 1. The molecule has 1 N–H and O–H groups in total. The van der Waals surface area contributed by atoms with E-state index < -0.39 is 0 Å². The minimum atomic E-state index is -0.232. The lowest BCUT2D eigenvalue weighted by molar-refractivity contribution is -0.125. The largest absolute Gasteiger partial charge is 0.329 e. The monoisotopic (exact) mass is 230 g/mol. The van der Waals surface area contributed by atoms with Gasteiger partial charge in [0.25, 0.3) is 0 Å². The smallest absolute Gasteiger partial charge is 0.324 e. The zero-order chi connectivity index (χ0) is 11.1. The van der Waals surface area contributed by atoms with Gasteiger partial charge in [-0.25, -0.2) is 4.79 Å². The van der Waals surface area contributed by atoms with Crippen LogP contribution >= 0.6 is 11.8 Å². The number of carbonyl (C=O) groups is 2. The van der Waals surface area contributed by atoms with E-state index in [-0.39, 0.29) is 18.5 Å². The van der Waals surface area contributed by atoms with E-state index in [0.29, 0.717) is 6.54 Å². The van der Waals surface area contributed by atoms with E-state index >= 15 is 0 Å². The van der Waals surface area contributed by atoms with Crippen LogP contribution in [0.15, 0.2) is 0 Å². The molecule has 1 fully saturated rings. The standard InChI is InChI=1S/C10H18N2O2S/c1-15-7-5-3-2-4-6-12-9(13)8-11-10(12)14/h2-8H2,1H3,(H,11,14). The van der Waals surface area contributed by atoms with Gasteiger partial charge in [0.05, 0.1) is 6.54 Å². The van der Waals surface area contributed by atoms with Crippen molar-refractivity contribution < 1.29 is 9.59 Å². The van der Waals surface area contributed by atoms with Crippen molar-refractivity contribution in [1.29, 1.82) is 0 Å². The number of unbranched alkanes of at least 4 members (excludes halogenated alkanes) is 3. The fourth-order valence-electron chi connectivity index (χ4n) is 1.55. The number of hydrogen-bond donors (Lipinski definition) is 1. The first-order valence-electron chi connectivity index (χ1n) is 5.33. The number of thioether (sulfide) groups is 1. The van der Waals surface area contributed by atoms with E-state index in [0.717, 1.165) is 12.8 Å². The predicted octanol–water partition coefficient (Wildman–Crippen LogP) is 1.46. The third-order valence-corrected chi connectivity index (χ3v) is 3.11. The molecule has 5 heteroatoms. The van der Waals surface area contributed by atoms with Crippen molar-refractivity contribution in [2.75, 3.05) is 25.1 Å². The highest BCUT2D eigenvalue weighted by Crippen LogP contribution is 2.07. The Morgan fingerprint density at radius 2 is 2.00 bits per heavy atom. The highest BCUT2D eigenvalue weighted by atomic mass is 32.2. The number of amides is 3. The summed E-state index contributed by atoms with van der Waals surface area (Å²) in [5.41, 5.74) is 0. The van der Waals surface area contributed by atoms with Gasteiger partial charge in [-0.1, -0.05) is 12.8 Å². The first-order chi connectivity index (χ1) is 7.25. The van der Waals surface area contributed by atoms with Crippen LogP contribution in [0.1, 0.15) is 25.7 Å². The first kappa shape index (κ1) is 12.4. The molecule has 0 spiro atoms. The Kier molecular flexibility index (Phi) is 5.53. The summed E-state index contributed by atoms with van der Waals surface area (Å²) in [5.74, 6) is 1.10. The van der Waals surface area contributed by atoms with E-state index in [1.54, 1.807) is 0 Å². The summed E-state index contributed by atoms with van der Waals surface area (Å²) in [6.45, 7) is 0.745. The average Bonchev–Trinajstić information content (AvgIpc) is 2.54. The normalized spacial score (nSPS) is 15.9. The quantitative estimate of drug-likeness (QED) is 0.532. The Morgan fingerprint density at radius 3 is 2.60 bits per heavy atom. The zero-order valence-electron chi connectivity index (χ0n) is 9.12. The molecule has 0 aromatic carbocycles. The van der Waals surface area contributed by atoms with Gasteiger partial charge in [-0.2, -0.15) is 11.8 Å². The molecule has 15 heavy (non-hydrogen) atoms. The first-order valence-corrected chi connectivity index (χ1v) is 6.72. The lowest BCUT2D eigenvalue weighted by atomic mass is 10.2. The van der Waals surface area contributed by atoms with E-state index in [2.05, 4.69) is 11.6 Å². The van der Waals surface area contributed by atoms with E-state index in [1.165, 1.54) is 23.5 Å². The molecule has 0 radical (unpaired) electrons. The number of hydrogen-bond acceptors (Lipinski definition) is 3. The van der Waals surface area contributed by atoms with Gasteiger partial charge in [-0.15, -0.1) is 0 Å². The Bertz CT molecular complexity index is 217. The number of nitrogens with one attached hydrogen (secondary N) is 1. The summed E-state index contributed by atoms with van der Waals surface area (Å²) in [7, 11) is 0. The minimum absolute atomic E-state index is 0.0934. The van der Waals surface area contributed by atoms with Crippen molar-refractivity contribution in [2.45, 2.75) is 25.7 Å². The summed E-state index contributed by atoms with van der Waals surface area (Å²) in [6, 6.07) is -0.232. The molecule has 1 aliphatic rings. The molecule has 0 atom stereocenters. The van der Waals surface area contributed by atoms with E-state index in [4.69, 9.17) is 0 Å². The Hall–Kier alpha value is -0.710. The summed E-state index contributed by atoms with van der Waals surface area (Å²) in [6.07, 6.45) is 6.53. The van der Waals surface area contributed by atoms with E-state index in [9.17, 15) is 9.59 Å². The van der Waals surface area contributed by atoms with Crippen LogP contribution in [0.25, 0.3) is 0 Å². The van der Waals surface area contributed by atoms with Crippen LogP contribution in [0.4, 0.5) is 4.79 Å². The number of urea groups is 1. The molecule has 0 saturated carbocycles. The van der Waals surface area contributed by atoms with Crippen LogP contribution in [-0.4, -0.2) is 41.9 Å². The van der Waals surface area contributed by atoms with Crippen molar-refractivity contribution in [2.24, 2.45) is 0 Å². The van der Waals surface area contributed by atoms with Gasteiger partial charge >= 0.3 is 6.03 Å². The van der Waals surface area contributed by atoms with Crippen LogP contribution < -0.4 is 5.32 Å². The van der Waals surface area contributed by atoms with Gasteiger partial charge in [0.15, 0.2) is 0 Å². The molecule has 0 aromatic rings. The van der Waals surface area contributed by atoms with Crippen LogP contribution in [-0.2, 0) is 4.79 Å². The number of rotatable bonds is 7. The van der Waals surface area contributed by atoms with Crippen molar-refractivity contribution >= 4 is 23.7 Å². The second-order valence-corrected chi connectivity index (χ2v) is 4.60. The maximum atomic E-state index is 11.2. The molecule has 1 saturated heterocycles. The second-order valence-electron chi connectivity index (χ2n) is 3.61. The molecular weight excluding hydrogens is 212 g/mol. The molecular formula is C10H18N2O2S. The summed E-state index contributed by atoms with van der Waals surface area (Å²) < 4.78 is 0. The lowest BCUT2D eigenvalue weighted by Gasteiger charge is -2.11. The summed E-state index contributed by atoms with van der Waals surface area (Å²) >= 11 is 1.86. The molecule has 0 unspecified atom stereocenters. The van der Waals surface area contributed by atoms with Crippen LogP contribution in [0.5, 0.6) is 0 Å². The predicted molar refractivity (Wildman–Crippen MR) is 62.0 cm³/mol. The fourth-order valence-corrected chi connectivity index (χ4v) is 2.04. The maximum absolute atomic E-state index is 11.2. The third-order valence-electron chi connectivity index (χ3n) is 2.42. The summed E-state index contributed by atoms with van der Waals surface area (Å²) in [4.78, 5) is 23.6. The van der Waals surface area contributed by atoms with Gasteiger partial charge in [0, 0.05) is 6.54 Å². The Morgan fingerprint density at radius 1 is 1.27 bits per heavy atom. The van der Waals surface area contributed by atoms with E-state index in [1.807, 2.05) is 11.8 Å². The van der Waals surface area contributed by atoms with Crippen LogP contribution in [0, 0.1) is 0 Å². The molecule has 86 valence electrons. The van der Waals surface area contributed by atoms with Gasteiger partial charge < -0.3 is 5.32 Å². The number of nitrogens with zero attached hydrogens (tertiary/aromatic N) is 1. The average molecular weight is 230 g/mol. The second kappa shape index (κ2) is 6.71. The summed E-state index contributed by atoms with van der Waals surface area (Å²) in [5, 5.41) is 2.51. The third kappa shape index (κ3) is 4.11. The van der Waals surface area contributed by atoms with Gasteiger partial charge in [-0.3, -0.25) is 9.69 Å². The van der Waals surface area contributed by atoms with Crippen LogP contribution in [0.3, 0.4) is 0 Å². The van der Waals surface area contributed by atoms with Crippen molar-refractivity contribution in [3.05, 3.63) is 0 Å². The topological polar surface area (TPSA) is 49.4 Å². The molecule has 0 aliphatic carbocycles.